The van der Waals surface area contributed by atoms with Crippen molar-refractivity contribution in [3.63, 3.8) is 0 Å². The van der Waals surface area contributed by atoms with Crippen molar-refractivity contribution in [1.29, 1.82) is 0 Å². The minimum Gasteiger partial charge on any atom is -0.389 e. The first-order valence-corrected chi connectivity index (χ1v) is 7.91. The lowest BCUT2D eigenvalue weighted by Crippen LogP contribution is -2.42. The van der Waals surface area contributed by atoms with Crippen LogP contribution in [0.3, 0.4) is 0 Å². The molecular formula is C13H22N4O2S. The molecule has 0 spiro atoms. The van der Waals surface area contributed by atoms with Crippen molar-refractivity contribution in [2.24, 2.45) is 0 Å². The largest absolute Gasteiger partial charge is 0.389 e. The van der Waals surface area contributed by atoms with E-state index in [1.54, 1.807) is 25.1 Å². The molecule has 1 N–H and O–H groups in total. The molecule has 1 saturated carbocycles. The van der Waals surface area contributed by atoms with Crippen LogP contribution in [0.25, 0.3) is 0 Å². The predicted octanol–water partition coefficient (Wildman–Crippen LogP) is 1.32. The van der Waals surface area contributed by atoms with Crippen molar-refractivity contribution in [2.45, 2.75) is 50.4 Å². The molecule has 2 rings (SSSR count). The van der Waals surface area contributed by atoms with E-state index in [2.05, 4.69) is 10.2 Å². The zero-order valence-electron chi connectivity index (χ0n) is 12.2. The molecule has 7 heteroatoms. The second-order valence-electron chi connectivity index (χ2n) is 5.76. The van der Waals surface area contributed by atoms with Gasteiger partial charge in [-0.25, -0.2) is 0 Å². The molecule has 1 aliphatic carbocycles. The third-order valence-electron chi connectivity index (χ3n) is 3.12. The highest BCUT2D eigenvalue weighted by Crippen LogP contribution is 2.37. The van der Waals surface area contributed by atoms with E-state index in [0.717, 1.165) is 5.16 Å². The maximum atomic E-state index is 12.2. The van der Waals surface area contributed by atoms with Gasteiger partial charge in [-0.15, -0.1) is 10.2 Å². The molecule has 1 heterocycles. The summed E-state index contributed by atoms with van der Waals surface area (Å²) in [4.78, 5) is 13.9. The second-order valence-corrected chi connectivity index (χ2v) is 6.70. The van der Waals surface area contributed by atoms with E-state index < -0.39 is 5.60 Å². The molecule has 0 aliphatic heterocycles. The normalized spacial score (nSPS) is 15.4. The Bertz CT molecular complexity index is 465. The van der Waals surface area contributed by atoms with E-state index in [-0.39, 0.29) is 5.91 Å². The fourth-order valence-electron chi connectivity index (χ4n) is 2.00. The summed E-state index contributed by atoms with van der Waals surface area (Å²) in [6, 6.07) is 0.515. The number of amides is 1. The maximum absolute atomic E-state index is 12.2. The van der Waals surface area contributed by atoms with Gasteiger partial charge >= 0.3 is 0 Å². The Morgan fingerprint density at radius 3 is 2.85 bits per heavy atom. The zero-order valence-corrected chi connectivity index (χ0v) is 13.1. The standard InChI is InChI=1S/C13H22N4O2S/c1-4-16(8-13(2,3)19)11(18)7-20-12-15-14-9-17(12)10-5-6-10/h9-10,19H,4-8H2,1-3H3. The van der Waals surface area contributed by atoms with E-state index in [1.165, 1.54) is 24.6 Å². The summed E-state index contributed by atoms with van der Waals surface area (Å²) in [5, 5.41) is 18.6. The molecule has 1 aromatic heterocycles. The van der Waals surface area contributed by atoms with Gasteiger partial charge in [-0.2, -0.15) is 0 Å². The highest BCUT2D eigenvalue weighted by Gasteiger charge is 2.27. The number of carbonyl (C=O) groups is 1. The van der Waals surface area contributed by atoms with Crippen LogP contribution < -0.4 is 0 Å². The Balaban J connectivity index is 1.88. The van der Waals surface area contributed by atoms with Crippen LogP contribution in [0.5, 0.6) is 0 Å². The number of aliphatic hydroxyl groups is 1. The Hall–Kier alpha value is -1.08. The molecule has 1 fully saturated rings. The van der Waals surface area contributed by atoms with Crippen molar-refractivity contribution < 1.29 is 9.90 Å². The molecule has 0 bridgehead atoms. The van der Waals surface area contributed by atoms with E-state index in [4.69, 9.17) is 0 Å². The number of hydrogen-bond acceptors (Lipinski definition) is 5. The van der Waals surface area contributed by atoms with Crippen LogP contribution in [0, 0.1) is 0 Å². The highest BCUT2D eigenvalue weighted by atomic mass is 32.2. The van der Waals surface area contributed by atoms with Gasteiger partial charge in [0.1, 0.15) is 6.33 Å². The van der Waals surface area contributed by atoms with Crippen molar-refractivity contribution >= 4 is 17.7 Å². The van der Waals surface area contributed by atoms with E-state index in [9.17, 15) is 9.90 Å². The molecule has 1 amide bonds. The topological polar surface area (TPSA) is 71.2 Å². The predicted molar refractivity (Wildman–Crippen MR) is 77.6 cm³/mol. The zero-order chi connectivity index (χ0) is 14.8. The number of carbonyl (C=O) groups excluding carboxylic acids is 1. The third kappa shape index (κ3) is 4.21. The molecule has 0 saturated heterocycles. The highest BCUT2D eigenvalue weighted by molar-refractivity contribution is 7.99. The van der Waals surface area contributed by atoms with Crippen LogP contribution in [-0.2, 0) is 4.79 Å². The van der Waals surface area contributed by atoms with Gasteiger partial charge < -0.3 is 14.6 Å². The van der Waals surface area contributed by atoms with Gasteiger partial charge in [-0.3, -0.25) is 4.79 Å². The number of nitrogens with zero attached hydrogens (tertiary/aromatic N) is 4. The fourth-order valence-corrected chi connectivity index (χ4v) is 2.88. The average molecular weight is 298 g/mol. The molecule has 6 nitrogen and oxygen atoms in total. The van der Waals surface area contributed by atoms with E-state index in [1.807, 2.05) is 11.5 Å². The number of rotatable bonds is 7. The fraction of sp³-hybridized carbons (Fsp3) is 0.769. The van der Waals surface area contributed by atoms with Crippen LogP contribution in [0.1, 0.15) is 39.7 Å². The Morgan fingerprint density at radius 1 is 1.60 bits per heavy atom. The number of likely N-dealkylation sites (N-methyl/N-ethyl adjacent to an activating group) is 1. The van der Waals surface area contributed by atoms with Gasteiger partial charge in [0.2, 0.25) is 5.91 Å². The van der Waals surface area contributed by atoms with Gasteiger partial charge in [-0.05, 0) is 33.6 Å². The Morgan fingerprint density at radius 2 is 2.30 bits per heavy atom. The minimum atomic E-state index is -0.871. The summed E-state index contributed by atoms with van der Waals surface area (Å²) < 4.78 is 2.05. The van der Waals surface area contributed by atoms with Crippen LogP contribution in [0.4, 0.5) is 0 Å². The van der Waals surface area contributed by atoms with Crippen molar-refractivity contribution in [3.8, 4) is 0 Å². The van der Waals surface area contributed by atoms with Gasteiger partial charge in [0.25, 0.3) is 0 Å². The summed E-state index contributed by atoms with van der Waals surface area (Å²) in [7, 11) is 0. The molecule has 20 heavy (non-hydrogen) atoms. The smallest absolute Gasteiger partial charge is 0.233 e. The molecule has 1 aromatic rings. The summed E-state index contributed by atoms with van der Waals surface area (Å²) >= 11 is 1.42. The van der Waals surface area contributed by atoms with Crippen LogP contribution in [0.15, 0.2) is 11.5 Å². The molecule has 0 atom stereocenters. The first kappa shape index (κ1) is 15.3. The first-order chi connectivity index (χ1) is 9.40. The molecular weight excluding hydrogens is 276 g/mol. The average Bonchev–Trinajstić information content (AvgIpc) is 3.11. The van der Waals surface area contributed by atoms with Crippen molar-refractivity contribution in [2.75, 3.05) is 18.8 Å². The Kier molecular flexibility index (Phi) is 4.70. The van der Waals surface area contributed by atoms with Gasteiger partial charge in [-0.1, -0.05) is 11.8 Å². The van der Waals surface area contributed by atoms with E-state index >= 15 is 0 Å². The lowest BCUT2D eigenvalue weighted by atomic mass is 10.1. The monoisotopic (exact) mass is 298 g/mol. The Labute approximate surface area is 123 Å². The van der Waals surface area contributed by atoms with Crippen molar-refractivity contribution in [3.05, 3.63) is 6.33 Å². The number of thioether (sulfide) groups is 1. The molecule has 0 unspecified atom stereocenters. The lowest BCUT2D eigenvalue weighted by Gasteiger charge is -2.28. The third-order valence-corrected chi connectivity index (χ3v) is 4.06. The van der Waals surface area contributed by atoms with Gasteiger partial charge in [0.05, 0.1) is 11.4 Å². The maximum Gasteiger partial charge on any atom is 0.233 e. The lowest BCUT2D eigenvalue weighted by molar-refractivity contribution is -0.131. The SMILES string of the molecule is CCN(CC(C)(C)O)C(=O)CSc1nncn1C1CC1. The summed E-state index contributed by atoms with van der Waals surface area (Å²) in [6.07, 6.45) is 4.07. The first-order valence-electron chi connectivity index (χ1n) is 6.93. The van der Waals surface area contributed by atoms with Crippen LogP contribution in [0.2, 0.25) is 0 Å². The van der Waals surface area contributed by atoms with Crippen molar-refractivity contribution in [1.82, 2.24) is 19.7 Å². The van der Waals surface area contributed by atoms with Gasteiger partial charge in [0.15, 0.2) is 5.16 Å². The van der Waals surface area contributed by atoms with Crippen LogP contribution >= 0.6 is 11.8 Å². The van der Waals surface area contributed by atoms with E-state index in [0.29, 0.717) is 24.9 Å². The number of hydrogen-bond donors (Lipinski definition) is 1. The summed E-state index contributed by atoms with van der Waals surface area (Å²) in [6.45, 7) is 6.28. The number of aromatic nitrogens is 3. The van der Waals surface area contributed by atoms with Crippen LogP contribution in [-0.4, -0.2) is 55.1 Å². The quantitative estimate of drug-likeness (QED) is 0.769. The molecule has 1 aliphatic rings. The molecule has 112 valence electrons. The molecule has 0 radical (unpaired) electrons. The summed E-state index contributed by atoms with van der Waals surface area (Å²) in [5.74, 6) is 0.347. The molecule has 0 aromatic carbocycles. The second kappa shape index (κ2) is 6.13. The van der Waals surface area contributed by atoms with Gasteiger partial charge in [0, 0.05) is 19.1 Å². The minimum absolute atomic E-state index is 0.0185. The summed E-state index contributed by atoms with van der Waals surface area (Å²) in [5.41, 5.74) is -0.871.